The van der Waals surface area contributed by atoms with Gasteiger partial charge in [0.05, 0.1) is 0 Å². The van der Waals surface area contributed by atoms with Gasteiger partial charge in [-0.25, -0.2) is 4.39 Å². The van der Waals surface area contributed by atoms with Crippen molar-refractivity contribution in [1.82, 2.24) is 10.2 Å². The van der Waals surface area contributed by atoms with Crippen LogP contribution in [0.25, 0.3) is 0 Å². The minimum Gasteiger partial charge on any atom is -0.354 e. The Morgan fingerprint density at radius 1 is 0.879 bits per heavy atom. The summed E-state index contributed by atoms with van der Waals surface area (Å²) in [6.45, 7) is 2.84. The number of hydrogen-bond acceptors (Lipinski definition) is 2. The molecule has 0 radical (unpaired) electrons. The number of nitrogens with one attached hydrogen (secondary N) is 1. The molecule has 33 heavy (non-hydrogen) atoms. The second-order valence-corrected chi connectivity index (χ2v) is 8.09. The van der Waals surface area contributed by atoms with Gasteiger partial charge in [-0.3, -0.25) is 9.59 Å². The summed E-state index contributed by atoms with van der Waals surface area (Å²) in [5.41, 5.74) is 2.59. The second kappa shape index (κ2) is 12.5. The average molecular weight is 447 g/mol. The first-order valence-electron chi connectivity index (χ1n) is 11.5. The zero-order valence-electron chi connectivity index (χ0n) is 19.0. The second-order valence-electron chi connectivity index (χ2n) is 8.09. The van der Waals surface area contributed by atoms with Gasteiger partial charge in [0.2, 0.25) is 11.8 Å². The van der Waals surface area contributed by atoms with Crippen LogP contribution in [-0.4, -0.2) is 23.3 Å². The van der Waals surface area contributed by atoms with Crippen molar-refractivity contribution in [3.05, 3.63) is 107 Å². The van der Waals surface area contributed by atoms with Gasteiger partial charge in [-0.2, -0.15) is 0 Å². The number of unbranched alkanes of at least 4 members (excludes halogenated alkanes) is 1. The summed E-state index contributed by atoms with van der Waals surface area (Å²) in [4.78, 5) is 28.4. The fraction of sp³-hybridized carbons (Fsp3) is 0.286. The van der Waals surface area contributed by atoms with Gasteiger partial charge in [-0.1, -0.05) is 86.1 Å². The molecule has 0 saturated carbocycles. The predicted molar refractivity (Wildman–Crippen MR) is 129 cm³/mol. The SMILES string of the molecule is CCCCNC(=O)C(c1ccccc1)N(Cc1ccc(F)cc1)C(=O)CCc1ccccc1. The smallest absolute Gasteiger partial charge is 0.247 e. The Labute approximate surface area is 195 Å². The largest absolute Gasteiger partial charge is 0.354 e. The third-order valence-electron chi connectivity index (χ3n) is 5.56. The van der Waals surface area contributed by atoms with Crippen molar-refractivity contribution in [2.24, 2.45) is 0 Å². The van der Waals surface area contributed by atoms with E-state index >= 15 is 0 Å². The number of halogens is 1. The molecule has 0 aromatic heterocycles. The fourth-order valence-electron chi connectivity index (χ4n) is 3.74. The highest BCUT2D eigenvalue weighted by Crippen LogP contribution is 2.25. The van der Waals surface area contributed by atoms with E-state index in [-0.39, 0.29) is 30.6 Å². The summed E-state index contributed by atoms with van der Waals surface area (Å²) in [5, 5.41) is 2.99. The first kappa shape index (κ1) is 24.2. The molecule has 0 heterocycles. The molecule has 0 saturated heterocycles. The van der Waals surface area contributed by atoms with E-state index < -0.39 is 6.04 Å². The van der Waals surface area contributed by atoms with Crippen LogP contribution in [0.15, 0.2) is 84.9 Å². The molecule has 3 aromatic rings. The molecular weight excluding hydrogens is 415 g/mol. The molecule has 0 aliphatic rings. The molecule has 0 bridgehead atoms. The molecule has 3 aromatic carbocycles. The lowest BCUT2D eigenvalue weighted by molar-refractivity contribution is -0.141. The molecule has 2 amide bonds. The molecule has 1 N–H and O–H groups in total. The Bertz CT molecular complexity index is 1010. The standard InChI is InChI=1S/C28H31FN2O2/c1-2-3-20-30-28(33)27(24-12-8-5-9-13-24)31(21-23-14-17-25(29)18-15-23)26(32)19-16-22-10-6-4-7-11-22/h4-15,17-18,27H,2-3,16,19-21H2,1H3,(H,30,33). The van der Waals surface area contributed by atoms with Gasteiger partial charge in [-0.15, -0.1) is 0 Å². The van der Waals surface area contributed by atoms with Gasteiger partial charge in [0.1, 0.15) is 11.9 Å². The zero-order chi connectivity index (χ0) is 23.5. The van der Waals surface area contributed by atoms with Crippen LogP contribution in [-0.2, 0) is 22.6 Å². The number of nitrogens with zero attached hydrogens (tertiary/aromatic N) is 1. The first-order valence-corrected chi connectivity index (χ1v) is 11.5. The van der Waals surface area contributed by atoms with Crippen LogP contribution < -0.4 is 5.32 Å². The molecule has 0 aliphatic heterocycles. The van der Waals surface area contributed by atoms with Gasteiger partial charge in [0.25, 0.3) is 0 Å². The van der Waals surface area contributed by atoms with Crippen LogP contribution in [0.2, 0.25) is 0 Å². The molecule has 3 rings (SSSR count). The van der Waals surface area contributed by atoms with Crippen molar-refractivity contribution in [2.75, 3.05) is 6.54 Å². The van der Waals surface area contributed by atoms with Crippen molar-refractivity contribution in [1.29, 1.82) is 0 Å². The van der Waals surface area contributed by atoms with Crippen molar-refractivity contribution in [2.45, 2.75) is 45.2 Å². The Kier molecular flexibility index (Phi) is 9.19. The maximum Gasteiger partial charge on any atom is 0.247 e. The highest BCUT2D eigenvalue weighted by molar-refractivity contribution is 5.88. The minimum atomic E-state index is -0.767. The third kappa shape index (κ3) is 7.28. The molecule has 172 valence electrons. The van der Waals surface area contributed by atoms with Crippen molar-refractivity contribution >= 4 is 11.8 Å². The van der Waals surface area contributed by atoms with Crippen LogP contribution >= 0.6 is 0 Å². The number of hydrogen-bond donors (Lipinski definition) is 1. The number of rotatable bonds is 11. The lowest BCUT2D eigenvalue weighted by atomic mass is 10.0. The van der Waals surface area contributed by atoms with Gasteiger partial charge >= 0.3 is 0 Å². The first-order chi connectivity index (χ1) is 16.1. The van der Waals surface area contributed by atoms with Crippen LogP contribution in [0.1, 0.15) is 48.9 Å². The molecule has 0 spiro atoms. The van der Waals surface area contributed by atoms with Crippen LogP contribution in [0.4, 0.5) is 4.39 Å². The number of aryl methyl sites for hydroxylation is 1. The number of amides is 2. The van der Waals surface area contributed by atoms with E-state index in [2.05, 4.69) is 12.2 Å². The number of carbonyl (C=O) groups is 2. The molecule has 0 fully saturated rings. The van der Waals surface area contributed by atoms with Gasteiger partial charge in [-0.05, 0) is 41.7 Å². The molecule has 1 unspecified atom stereocenters. The lowest BCUT2D eigenvalue weighted by Gasteiger charge is -2.32. The monoisotopic (exact) mass is 446 g/mol. The highest BCUT2D eigenvalue weighted by Gasteiger charge is 2.31. The van der Waals surface area contributed by atoms with E-state index in [1.807, 2.05) is 60.7 Å². The third-order valence-corrected chi connectivity index (χ3v) is 5.56. The van der Waals surface area contributed by atoms with Crippen LogP contribution in [0.3, 0.4) is 0 Å². The van der Waals surface area contributed by atoms with E-state index in [1.165, 1.54) is 12.1 Å². The van der Waals surface area contributed by atoms with Crippen LogP contribution in [0, 0.1) is 5.82 Å². The van der Waals surface area contributed by atoms with E-state index in [9.17, 15) is 14.0 Å². The Morgan fingerprint density at radius 2 is 1.52 bits per heavy atom. The Morgan fingerprint density at radius 3 is 2.15 bits per heavy atom. The van der Waals surface area contributed by atoms with Crippen molar-refractivity contribution < 1.29 is 14.0 Å². The normalized spacial score (nSPS) is 11.6. The van der Waals surface area contributed by atoms with Crippen molar-refractivity contribution in [3.8, 4) is 0 Å². The Hall–Kier alpha value is -3.47. The zero-order valence-corrected chi connectivity index (χ0v) is 19.0. The minimum absolute atomic E-state index is 0.123. The summed E-state index contributed by atoms with van der Waals surface area (Å²) in [6, 6.07) is 24.5. The van der Waals surface area contributed by atoms with E-state index in [4.69, 9.17) is 0 Å². The molecule has 4 nitrogen and oxygen atoms in total. The quantitative estimate of drug-likeness (QED) is 0.399. The molecule has 0 aliphatic carbocycles. The van der Waals surface area contributed by atoms with Crippen molar-refractivity contribution in [3.63, 3.8) is 0 Å². The van der Waals surface area contributed by atoms with E-state index in [0.717, 1.165) is 29.5 Å². The van der Waals surface area contributed by atoms with E-state index in [0.29, 0.717) is 13.0 Å². The van der Waals surface area contributed by atoms with Gasteiger partial charge < -0.3 is 10.2 Å². The fourth-order valence-corrected chi connectivity index (χ4v) is 3.74. The van der Waals surface area contributed by atoms with Crippen LogP contribution in [0.5, 0.6) is 0 Å². The molecule has 1 atom stereocenters. The Balaban J connectivity index is 1.90. The summed E-state index contributed by atoms with van der Waals surface area (Å²) in [5.74, 6) is -0.662. The lowest BCUT2D eigenvalue weighted by Crippen LogP contribution is -2.43. The maximum absolute atomic E-state index is 13.5. The molecular formula is C28H31FN2O2. The summed E-state index contributed by atoms with van der Waals surface area (Å²) < 4.78 is 13.5. The van der Waals surface area contributed by atoms with Gasteiger partial charge in [0.15, 0.2) is 0 Å². The maximum atomic E-state index is 13.5. The van der Waals surface area contributed by atoms with Gasteiger partial charge in [0, 0.05) is 19.5 Å². The number of carbonyl (C=O) groups excluding carboxylic acids is 2. The summed E-state index contributed by atoms with van der Waals surface area (Å²) in [7, 11) is 0. The number of benzene rings is 3. The predicted octanol–water partition coefficient (Wildman–Crippen LogP) is 5.44. The average Bonchev–Trinajstić information content (AvgIpc) is 2.85. The topological polar surface area (TPSA) is 49.4 Å². The summed E-state index contributed by atoms with van der Waals surface area (Å²) in [6.07, 6.45) is 2.69. The highest BCUT2D eigenvalue weighted by atomic mass is 19.1. The molecule has 5 heteroatoms. The summed E-state index contributed by atoms with van der Waals surface area (Å²) >= 11 is 0. The van der Waals surface area contributed by atoms with E-state index in [1.54, 1.807) is 17.0 Å².